The molecular formula is C29H19N. The zero-order chi connectivity index (χ0) is 19.7. The topological polar surface area (TPSA) is 12.4 Å². The van der Waals surface area contributed by atoms with E-state index in [-0.39, 0.29) is 12.0 Å². The van der Waals surface area contributed by atoms with Crippen LogP contribution >= 0.6 is 0 Å². The van der Waals surface area contributed by atoms with Crippen LogP contribution in [-0.2, 0) is 0 Å². The first-order valence-electron chi connectivity index (χ1n) is 10.6. The van der Waals surface area contributed by atoms with E-state index < -0.39 is 0 Å². The number of nitrogens with zero attached hydrogens (tertiary/aromatic N) is 1. The van der Waals surface area contributed by atoms with E-state index in [2.05, 4.69) is 103 Å². The van der Waals surface area contributed by atoms with E-state index >= 15 is 0 Å². The average Bonchev–Trinajstić information content (AvgIpc) is 2.83. The van der Waals surface area contributed by atoms with Gasteiger partial charge in [0.15, 0.2) is 0 Å². The van der Waals surface area contributed by atoms with Crippen molar-refractivity contribution in [1.29, 1.82) is 0 Å². The number of fused-ring (bicyclic) bond motifs is 13. The fourth-order valence-corrected chi connectivity index (χ4v) is 5.58. The molecule has 0 spiro atoms. The van der Waals surface area contributed by atoms with E-state index in [9.17, 15) is 0 Å². The van der Waals surface area contributed by atoms with Gasteiger partial charge in [-0.25, -0.2) is 0 Å². The highest BCUT2D eigenvalue weighted by Gasteiger charge is 2.29. The summed E-state index contributed by atoms with van der Waals surface area (Å²) in [6.45, 7) is 0. The van der Waals surface area contributed by atoms with Crippen LogP contribution in [0.25, 0.3) is 43.1 Å². The first kappa shape index (κ1) is 16.1. The minimum atomic E-state index is 0.190. The van der Waals surface area contributed by atoms with Gasteiger partial charge in [-0.3, -0.25) is 4.99 Å². The van der Waals surface area contributed by atoms with E-state index in [4.69, 9.17) is 4.99 Å². The van der Waals surface area contributed by atoms with Crippen molar-refractivity contribution in [2.45, 2.75) is 12.0 Å². The summed E-state index contributed by atoms with van der Waals surface area (Å²) < 4.78 is 0. The Kier molecular flexibility index (Phi) is 3.17. The Morgan fingerprint density at radius 3 is 1.77 bits per heavy atom. The Bertz CT molecular complexity index is 1600. The van der Waals surface area contributed by atoms with E-state index in [1.54, 1.807) is 0 Å². The Balaban J connectivity index is 1.83. The minimum Gasteiger partial charge on any atom is -0.284 e. The molecule has 1 heterocycles. The highest BCUT2D eigenvalue weighted by atomic mass is 14.8. The molecule has 7 rings (SSSR count). The van der Waals surface area contributed by atoms with Gasteiger partial charge < -0.3 is 0 Å². The predicted molar refractivity (Wildman–Crippen MR) is 129 cm³/mol. The van der Waals surface area contributed by atoms with Crippen LogP contribution in [0.2, 0.25) is 0 Å². The molecule has 0 N–H and O–H groups in total. The number of benzene rings is 5. The fraction of sp³-hybridized carbons (Fsp3) is 0.0690. The molecule has 0 saturated carbocycles. The zero-order valence-corrected chi connectivity index (χ0v) is 16.4. The van der Waals surface area contributed by atoms with Gasteiger partial charge in [-0.05, 0) is 48.7 Å². The smallest absolute Gasteiger partial charge is 0.0786 e. The van der Waals surface area contributed by atoms with Crippen LogP contribution in [0.1, 0.15) is 17.0 Å². The van der Waals surface area contributed by atoms with Crippen LogP contribution in [0, 0.1) is 0 Å². The third kappa shape index (κ3) is 1.99. The molecule has 2 atom stereocenters. The van der Waals surface area contributed by atoms with Gasteiger partial charge in [-0.2, -0.15) is 0 Å². The van der Waals surface area contributed by atoms with E-state index in [0.717, 1.165) is 0 Å². The van der Waals surface area contributed by atoms with Crippen molar-refractivity contribution in [1.82, 2.24) is 0 Å². The molecule has 2 unspecified atom stereocenters. The summed E-state index contributed by atoms with van der Waals surface area (Å²) in [7, 11) is 0. The Labute approximate surface area is 174 Å². The fourth-order valence-electron chi connectivity index (χ4n) is 5.58. The molecule has 1 aliphatic carbocycles. The van der Waals surface area contributed by atoms with E-state index in [1.165, 1.54) is 54.2 Å². The van der Waals surface area contributed by atoms with Crippen LogP contribution in [-0.4, -0.2) is 12.3 Å². The monoisotopic (exact) mass is 381 g/mol. The minimum absolute atomic E-state index is 0.190. The summed E-state index contributed by atoms with van der Waals surface area (Å²) >= 11 is 0. The number of aliphatic imine (C=N–C) groups is 1. The van der Waals surface area contributed by atoms with E-state index in [0.29, 0.717) is 0 Å². The Morgan fingerprint density at radius 2 is 1.07 bits per heavy atom. The maximum Gasteiger partial charge on any atom is 0.0786 e. The molecule has 30 heavy (non-hydrogen) atoms. The van der Waals surface area contributed by atoms with Crippen molar-refractivity contribution in [2.24, 2.45) is 4.99 Å². The molecule has 5 aromatic carbocycles. The van der Waals surface area contributed by atoms with E-state index in [1.807, 2.05) is 0 Å². The van der Waals surface area contributed by atoms with Crippen LogP contribution in [0.4, 0.5) is 0 Å². The zero-order valence-electron chi connectivity index (χ0n) is 16.4. The predicted octanol–water partition coefficient (Wildman–Crippen LogP) is 7.31. The highest BCUT2D eigenvalue weighted by Crippen LogP contribution is 2.46. The van der Waals surface area contributed by atoms with Gasteiger partial charge in [0.05, 0.1) is 6.04 Å². The maximum absolute atomic E-state index is 4.97. The lowest BCUT2D eigenvalue weighted by Crippen LogP contribution is -2.21. The van der Waals surface area contributed by atoms with Crippen molar-refractivity contribution in [3.63, 3.8) is 0 Å². The Hall–Kier alpha value is -3.71. The highest BCUT2D eigenvalue weighted by molar-refractivity contribution is 6.35. The van der Waals surface area contributed by atoms with Crippen LogP contribution < -0.4 is 0 Å². The molecule has 1 aliphatic heterocycles. The lowest BCUT2D eigenvalue weighted by molar-refractivity contribution is 0.713. The van der Waals surface area contributed by atoms with Gasteiger partial charge in [0.1, 0.15) is 0 Å². The second kappa shape index (κ2) is 5.90. The van der Waals surface area contributed by atoms with Gasteiger partial charge in [-0.15, -0.1) is 0 Å². The molecule has 0 radical (unpaired) electrons. The molecule has 0 saturated heterocycles. The largest absolute Gasteiger partial charge is 0.284 e. The molecule has 5 aromatic rings. The summed E-state index contributed by atoms with van der Waals surface area (Å²) in [4.78, 5) is 4.97. The number of hydrogen-bond donors (Lipinski definition) is 0. The van der Waals surface area contributed by atoms with Crippen molar-refractivity contribution in [3.8, 4) is 0 Å². The van der Waals surface area contributed by atoms with Crippen molar-refractivity contribution >= 4 is 49.3 Å². The van der Waals surface area contributed by atoms with Crippen molar-refractivity contribution < 1.29 is 0 Å². The first-order valence-corrected chi connectivity index (χ1v) is 10.6. The SMILES string of the molecule is C1=CC2N=Cc3c(c4ccccc4c4c5ccccc5c5ccccc5c34)C2C=C1. The second-order valence-corrected chi connectivity index (χ2v) is 8.28. The molecule has 0 bridgehead atoms. The van der Waals surface area contributed by atoms with Gasteiger partial charge in [0.2, 0.25) is 0 Å². The lowest BCUT2D eigenvalue weighted by atomic mass is 9.77. The quantitative estimate of drug-likeness (QED) is 0.249. The normalized spacial score (nSPS) is 19.6. The van der Waals surface area contributed by atoms with Gasteiger partial charge in [0.25, 0.3) is 0 Å². The molecular weight excluding hydrogens is 362 g/mol. The molecule has 0 amide bonds. The first-order chi connectivity index (χ1) is 14.9. The van der Waals surface area contributed by atoms with Crippen molar-refractivity contribution in [2.75, 3.05) is 0 Å². The second-order valence-electron chi connectivity index (χ2n) is 8.28. The van der Waals surface area contributed by atoms with Crippen LogP contribution in [0.15, 0.2) is 102 Å². The number of hydrogen-bond acceptors (Lipinski definition) is 1. The summed E-state index contributed by atoms with van der Waals surface area (Å²) in [5.41, 5.74) is 2.70. The average molecular weight is 381 g/mol. The van der Waals surface area contributed by atoms with Crippen molar-refractivity contribution in [3.05, 3.63) is 108 Å². The van der Waals surface area contributed by atoms with Crippen LogP contribution in [0.3, 0.4) is 0 Å². The summed E-state index contributed by atoms with van der Waals surface area (Å²) in [6.07, 6.45) is 11.0. The molecule has 1 heteroatoms. The molecule has 0 aromatic heterocycles. The van der Waals surface area contributed by atoms with Gasteiger partial charge in [0, 0.05) is 17.7 Å². The number of allylic oxidation sites excluding steroid dienone is 2. The Morgan fingerprint density at radius 1 is 0.533 bits per heavy atom. The lowest BCUT2D eigenvalue weighted by Gasteiger charge is -2.30. The van der Waals surface area contributed by atoms with Gasteiger partial charge >= 0.3 is 0 Å². The molecule has 140 valence electrons. The standard InChI is InChI=1S/C29H19N/c1-3-11-20-18(9-1)19-10-2-4-12-21(19)29-25-17-30-26-16-8-7-15-24(26)27(25)22-13-5-6-14-23(22)28(20)29/h1-17,24,26H. The summed E-state index contributed by atoms with van der Waals surface area (Å²) in [5.74, 6) is 0.287. The third-order valence-electron chi connectivity index (χ3n) is 6.79. The molecule has 2 aliphatic rings. The molecule has 1 nitrogen and oxygen atoms in total. The van der Waals surface area contributed by atoms with Crippen LogP contribution in [0.5, 0.6) is 0 Å². The number of rotatable bonds is 0. The van der Waals surface area contributed by atoms with Gasteiger partial charge in [-0.1, -0.05) is 97.1 Å². The summed E-state index contributed by atoms with van der Waals surface area (Å²) in [6, 6.07) is 26.8. The molecule has 0 fully saturated rings. The summed E-state index contributed by atoms with van der Waals surface area (Å²) in [5, 5.41) is 10.6. The maximum atomic E-state index is 4.97. The third-order valence-corrected chi connectivity index (χ3v) is 6.79.